The van der Waals surface area contributed by atoms with Crippen molar-refractivity contribution in [1.29, 1.82) is 5.26 Å². The Labute approximate surface area is 154 Å². The Morgan fingerprint density at radius 3 is 2.62 bits per heavy atom. The number of nitriles is 1. The molecule has 26 heavy (non-hydrogen) atoms. The number of aromatic nitrogens is 4. The number of hydrogen-bond donors (Lipinski definition) is 2. The predicted molar refractivity (Wildman–Crippen MR) is 93.6 cm³/mol. The van der Waals surface area contributed by atoms with E-state index < -0.39 is 11.7 Å². The van der Waals surface area contributed by atoms with Crippen molar-refractivity contribution >= 4 is 40.5 Å². The molecule has 0 atom stereocenters. The van der Waals surface area contributed by atoms with Crippen LogP contribution in [0.2, 0.25) is 0 Å². The molecule has 0 amide bonds. The Morgan fingerprint density at radius 2 is 1.96 bits per heavy atom. The van der Waals surface area contributed by atoms with Gasteiger partial charge in [0.25, 0.3) is 0 Å². The summed E-state index contributed by atoms with van der Waals surface area (Å²) < 4.78 is 38.4. The largest absolute Gasteiger partial charge is 0.416 e. The fourth-order valence-corrected chi connectivity index (χ4v) is 3.68. The molecule has 2 aromatic heterocycles. The smallest absolute Gasteiger partial charge is 0.368 e. The maximum Gasteiger partial charge on any atom is 0.416 e. The van der Waals surface area contributed by atoms with Crippen LogP contribution in [0.4, 0.5) is 19.1 Å². The van der Waals surface area contributed by atoms with Gasteiger partial charge in [0, 0.05) is 0 Å². The monoisotopic (exact) mass is 396 g/mol. The Hall–Kier alpha value is -2.45. The van der Waals surface area contributed by atoms with Crippen LogP contribution in [-0.4, -0.2) is 26.2 Å². The Bertz CT molecular complexity index is 1010. The van der Waals surface area contributed by atoms with Crippen molar-refractivity contribution in [1.82, 2.24) is 19.9 Å². The number of nitrogen functional groups attached to an aromatic ring is 1. The molecule has 0 bridgehead atoms. The number of anilines is 1. The molecule has 1 aromatic carbocycles. The maximum atomic E-state index is 12.8. The third-order valence-corrected chi connectivity index (χ3v) is 5.04. The summed E-state index contributed by atoms with van der Waals surface area (Å²) in [5, 5.41) is 10.2. The average Bonchev–Trinajstić information content (AvgIpc) is 3.00. The summed E-state index contributed by atoms with van der Waals surface area (Å²) in [6, 6.07) is 5.38. The minimum absolute atomic E-state index is 0.0512. The molecule has 3 rings (SSSR count). The van der Waals surface area contributed by atoms with E-state index >= 15 is 0 Å². The van der Waals surface area contributed by atoms with Gasteiger partial charge in [-0.2, -0.15) is 18.4 Å². The van der Waals surface area contributed by atoms with Gasteiger partial charge in [-0.15, -0.1) is 11.8 Å². The van der Waals surface area contributed by atoms with Crippen LogP contribution >= 0.6 is 23.5 Å². The molecule has 0 spiro atoms. The molecule has 6 nitrogen and oxygen atoms in total. The number of halogens is 3. The highest BCUT2D eigenvalue weighted by molar-refractivity contribution is 7.99. The zero-order chi connectivity index (χ0) is 18.9. The maximum absolute atomic E-state index is 12.8. The number of nitrogens with two attached hydrogens (primary N) is 1. The summed E-state index contributed by atoms with van der Waals surface area (Å²) in [5.41, 5.74) is 5.95. The van der Waals surface area contributed by atoms with Crippen LogP contribution in [-0.2, 0) is 11.9 Å². The lowest BCUT2D eigenvalue weighted by Crippen LogP contribution is -2.04. The number of thioether (sulfide) groups is 2. The quantitative estimate of drug-likeness (QED) is 0.510. The van der Waals surface area contributed by atoms with Gasteiger partial charge in [-0.25, -0.2) is 15.0 Å². The van der Waals surface area contributed by atoms with Gasteiger partial charge in [-0.1, -0.05) is 11.8 Å². The van der Waals surface area contributed by atoms with Crippen LogP contribution in [0.3, 0.4) is 0 Å². The number of aromatic amines is 1. The first kappa shape index (κ1) is 18.3. The summed E-state index contributed by atoms with van der Waals surface area (Å²) in [4.78, 5) is 15.2. The highest BCUT2D eigenvalue weighted by atomic mass is 32.2. The number of H-pyrrole nitrogens is 1. The Kier molecular flexibility index (Phi) is 4.97. The van der Waals surface area contributed by atoms with Gasteiger partial charge in [-0.05, 0) is 24.5 Å². The molecule has 0 saturated carbocycles. The third-order valence-electron chi connectivity index (χ3n) is 3.37. The first-order valence-electron chi connectivity index (χ1n) is 7.12. The van der Waals surface area contributed by atoms with E-state index in [9.17, 15) is 18.4 Å². The van der Waals surface area contributed by atoms with Crippen molar-refractivity contribution in [3.05, 3.63) is 35.2 Å². The number of fused-ring (bicyclic) bond motifs is 1. The van der Waals surface area contributed by atoms with E-state index in [-0.39, 0.29) is 11.7 Å². The first-order chi connectivity index (χ1) is 12.3. The summed E-state index contributed by atoms with van der Waals surface area (Å²) in [7, 11) is 0. The SMILES string of the molecule is CSc1nc(N)nc(SCc2nc3ccc(C(F)(F)F)cc3[nH]2)c1C#N. The van der Waals surface area contributed by atoms with Gasteiger partial charge in [0.15, 0.2) is 0 Å². The van der Waals surface area contributed by atoms with Crippen molar-refractivity contribution in [2.75, 3.05) is 12.0 Å². The zero-order valence-electron chi connectivity index (χ0n) is 13.3. The highest BCUT2D eigenvalue weighted by Gasteiger charge is 2.30. The second kappa shape index (κ2) is 7.05. The number of hydrogen-bond acceptors (Lipinski definition) is 7. The summed E-state index contributed by atoms with van der Waals surface area (Å²) in [6.07, 6.45) is -2.64. The van der Waals surface area contributed by atoms with Gasteiger partial charge in [0.1, 0.15) is 27.5 Å². The number of nitrogens with zero attached hydrogens (tertiary/aromatic N) is 4. The first-order valence-corrected chi connectivity index (χ1v) is 9.33. The number of benzene rings is 1. The standard InChI is InChI=1S/C15H11F3N6S2/c1-25-12-8(5-19)13(24-14(20)23-12)26-6-11-21-9-3-2-7(15(16,17)18)4-10(9)22-11/h2-4H,6H2,1H3,(H,21,22)(H2,20,23,24). The van der Waals surface area contributed by atoms with Crippen LogP contribution in [0.15, 0.2) is 28.3 Å². The fourth-order valence-electron chi connectivity index (χ4n) is 2.23. The lowest BCUT2D eigenvalue weighted by Gasteiger charge is -2.06. The lowest BCUT2D eigenvalue weighted by molar-refractivity contribution is -0.137. The van der Waals surface area contributed by atoms with E-state index in [0.717, 1.165) is 12.1 Å². The molecule has 0 unspecified atom stereocenters. The van der Waals surface area contributed by atoms with Crippen LogP contribution < -0.4 is 5.73 Å². The van der Waals surface area contributed by atoms with Crippen molar-refractivity contribution in [3.8, 4) is 6.07 Å². The topological polar surface area (TPSA) is 104 Å². The molecular weight excluding hydrogens is 385 g/mol. The molecule has 2 heterocycles. The normalized spacial score (nSPS) is 11.7. The number of imidazole rings is 1. The molecule has 0 aliphatic heterocycles. The van der Waals surface area contributed by atoms with Gasteiger partial charge in [-0.3, -0.25) is 0 Å². The van der Waals surface area contributed by atoms with E-state index in [1.165, 1.54) is 29.6 Å². The van der Waals surface area contributed by atoms with Crippen LogP contribution in [0.5, 0.6) is 0 Å². The van der Waals surface area contributed by atoms with Gasteiger partial charge in [0.2, 0.25) is 5.95 Å². The molecule has 11 heteroatoms. The molecule has 3 aromatic rings. The molecule has 134 valence electrons. The molecule has 3 N–H and O–H groups in total. The average molecular weight is 396 g/mol. The second-order valence-electron chi connectivity index (χ2n) is 5.08. The minimum Gasteiger partial charge on any atom is -0.368 e. The number of alkyl halides is 3. The third kappa shape index (κ3) is 3.71. The lowest BCUT2D eigenvalue weighted by atomic mass is 10.2. The van der Waals surface area contributed by atoms with E-state index in [1.807, 2.05) is 0 Å². The number of nitrogens with one attached hydrogen (secondary N) is 1. The van der Waals surface area contributed by atoms with Crippen LogP contribution in [0, 0.1) is 11.3 Å². The van der Waals surface area contributed by atoms with E-state index in [2.05, 4.69) is 26.0 Å². The fraction of sp³-hybridized carbons (Fsp3) is 0.200. The number of rotatable bonds is 4. The van der Waals surface area contributed by atoms with E-state index in [0.29, 0.717) is 32.5 Å². The van der Waals surface area contributed by atoms with E-state index in [4.69, 9.17) is 5.73 Å². The van der Waals surface area contributed by atoms with Gasteiger partial charge < -0.3 is 10.7 Å². The molecule has 0 aliphatic carbocycles. The van der Waals surface area contributed by atoms with Crippen molar-refractivity contribution in [2.45, 2.75) is 22.0 Å². The molecule has 0 saturated heterocycles. The second-order valence-corrected chi connectivity index (χ2v) is 6.84. The van der Waals surface area contributed by atoms with Crippen molar-refractivity contribution < 1.29 is 13.2 Å². The Morgan fingerprint density at radius 1 is 1.23 bits per heavy atom. The predicted octanol–water partition coefficient (Wildman–Crippen LogP) is 3.84. The van der Waals surface area contributed by atoms with Crippen LogP contribution in [0.1, 0.15) is 17.0 Å². The van der Waals surface area contributed by atoms with Crippen molar-refractivity contribution in [2.24, 2.45) is 0 Å². The van der Waals surface area contributed by atoms with Gasteiger partial charge >= 0.3 is 6.18 Å². The zero-order valence-corrected chi connectivity index (χ0v) is 14.9. The Balaban J connectivity index is 1.87. The van der Waals surface area contributed by atoms with Gasteiger partial charge in [0.05, 0.1) is 22.3 Å². The summed E-state index contributed by atoms with van der Waals surface area (Å²) >= 11 is 2.49. The molecular formula is C15H11F3N6S2. The molecule has 0 radical (unpaired) electrons. The highest BCUT2D eigenvalue weighted by Crippen LogP contribution is 2.32. The summed E-state index contributed by atoms with van der Waals surface area (Å²) in [5.74, 6) is 0.806. The minimum atomic E-state index is -4.41. The molecule has 0 aliphatic rings. The summed E-state index contributed by atoms with van der Waals surface area (Å²) in [6.45, 7) is 0. The molecule has 0 fully saturated rings. The van der Waals surface area contributed by atoms with Crippen LogP contribution in [0.25, 0.3) is 11.0 Å². The van der Waals surface area contributed by atoms with E-state index in [1.54, 1.807) is 6.26 Å². The van der Waals surface area contributed by atoms with Crippen molar-refractivity contribution in [3.63, 3.8) is 0 Å².